The fourth-order valence-corrected chi connectivity index (χ4v) is 2.18. The molecule has 1 aromatic carbocycles. The smallest absolute Gasteiger partial charge is 0.408 e. The Hall–Kier alpha value is -2.57. The maximum atomic E-state index is 12.4. The molecule has 0 saturated carbocycles. The zero-order valence-corrected chi connectivity index (χ0v) is 15.0. The van der Waals surface area contributed by atoms with Crippen LogP contribution in [0.5, 0.6) is 0 Å². The number of amides is 2. The zero-order valence-electron chi connectivity index (χ0n) is 15.0. The number of aliphatic carboxylic acids is 1. The summed E-state index contributed by atoms with van der Waals surface area (Å²) in [5.74, 6) is -2.17. The molecule has 0 aliphatic heterocycles. The van der Waals surface area contributed by atoms with Crippen LogP contribution >= 0.6 is 0 Å². The van der Waals surface area contributed by atoms with Crippen molar-refractivity contribution in [3.63, 3.8) is 0 Å². The molecule has 1 aromatic rings. The van der Waals surface area contributed by atoms with Crippen molar-refractivity contribution in [2.24, 2.45) is 11.8 Å². The number of nitrogens with one attached hydrogen (secondary N) is 2. The summed E-state index contributed by atoms with van der Waals surface area (Å²) in [6.07, 6.45) is -0.728. The molecule has 0 spiro atoms. The molecule has 0 heterocycles. The molecule has 7 heteroatoms. The molecule has 0 radical (unpaired) electrons. The number of rotatable bonds is 8. The number of carbonyl (C=O) groups is 3. The van der Waals surface area contributed by atoms with Crippen molar-refractivity contribution in [2.45, 2.75) is 46.4 Å². The summed E-state index contributed by atoms with van der Waals surface area (Å²) < 4.78 is 5.11. The molecule has 138 valence electrons. The Bertz CT molecular complexity index is 586. The van der Waals surface area contributed by atoms with E-state index in [-0.39, 0.29) is 18.4 Å². The molecule has 0 fully saturated rings. The van der Waals surface area contributed by atoms with Gasteiger partial charge in [0.2, 0.25) is 5.91 Å². The lowest BCUT2D eigenvalue weighted by Gasteiger charge is -2.25. The largest absolute Gasteiger partial charge is 0.480 e. The van der Waals surface area contributed by atoms with Gasteiger partial charge in [-0.1, -0.05) is 58.0 Å². The molecule has 0 aromatic heterocycles. The molecule has 0 aliphatic rings. The molecule has 25 heavy (non-hydrogen) atoms. The minimum atomic E-state index is -1.11. The minimum Gasteiger partial charge on any atom is -0.480 e. The van der Waals surface area contributed by atoms with E-state index in [4.69, 9.17) is 4.74 Å². The molecule has 7 nitrogen and oxygen atoms in total. The topological polar surface area (TPSA) is 105 Å². The van der Waals surface area contributed by atoms with Gasteiger partial charge in [-0.2, -0.15) is 0 Å². The number of carbonyl (C=O) groups excluding carboxylic acids is 2. The molecular weight excluding hydrogens is 324 g/mol. The Balaban J connectivity index is 2.64. The lowest BCUT2D eigenvalue weighted by Crippen LogP contribution is -2.55. The van der Waals surface area contributed by atoms with E-state index in [1.807, 2.05) is 30.3 Å². The monoisotopic (exact) mass is 350 g/mol. The molecule has 1 rings (SSSR count). The highest BCUT2D eigenvalue weighted by molar-refractivity contribution is 5.89. The standard InChI is InChI=1S/C18H26N2O5/c1-11(2)14(16(21)19-15(12(3)4)17(22)23)20-18(24)25-10-13-8-6-5-7-9-13/h5-9,11-12,14-15H,10H2,1-4H3,(H,19,21)(H,20,24)(H,22,23). The van der Waals surface area contributed by atoms with E-state index in [0.29, 0.717) is 0 Å². The Kier molecular flexibility index (Phi) is 7.91. The van der Waals surface area contributed by atoms with Crippen molar-refractivity contribution in [3.8, 4) is 0 Å². The quantitative estimate of drug-likeness (QED) is 0.666. The molecular formula is C18H26N2O5. The first-order valence-electron chi connectivity index (χ1n) is 8.22. The number of hydrogen-bond donors (Lipinski definition) is 3. The van der Waals surface area contributed by atoms with Crippen LogP contribution in [0.1, 0.15) is 33.3 Å². The molecule has 3 N–H and O–H groups in total. The second kappa shape index (κ2) is 9.66. The summed E-state index contributed by atoms with van der Waals surface area (Å²) in [5, 5.41) is 14.1. The van der Waals surface area contributed by atoms with E-state index >= 15 is 0 Å². The number of carboxylic acid groups (broad SMARTS) is 1. The highest BCUT2D eigenvalue weighted by atomic mass is 16.5. The lowest BCUT2D eigenvalue weighted by molar-refractivity contribution is -0.143. The van der Waals surface area contributed by atoms with Gasteiger partial charge in [0, 0.05) is 0 Å². The molecule has 0 aliphatic carbocycles. The first-order chi connectivity index (χ1) is 11.7. The summed E-state index contributed by atoms with van der Waals surface area (Å²) in [4.78, 5) is 35.6. The third-order valence-corrected chi connectivity index (χ3v) is 3.67. The van der Waals surface area contributed by atoms with E-state index in [1.165, 1.54) is 0 Å². The van der Waals surface area contributed by atoms with Gasteiger partial charge in [0.25, 0.3) is 0 Å². The van der Waals surface area contributed by atoms with E-state index in [2.05, 4.69) is 10.6 Å². The number of hydrogen-bond acceptors (Lipinski definition) is 4. The fourth-order valence-electron chi connectivity index (χ4n) is 2.18. The Morgan fingerprint density at radius 2 is 1.52 bits per heavy atom. The summed E-state index contributed by atoms with van der Waals surface area (Å²) >= 11 is 0. The summed E-state index contributed by atoms with van der Waals surface area (Å²) in [5.41, 5.74) is 0.828. The maximum absolute atomic E-state index is 12.4. The van der Waals surface area contributed by atoms with Gasteiger partial charge >= 0.3 is 12.1 Å². The SMILES string of the molecule is CC(C)C(NC(=O)C(NC(=O)OCc1ccccc1)C(C)C)C(=O)O. The number of ether oxygens (including phenoxy) is 1. The summed E-state index contributed by atoms with van der Waals surface area (Å²) in [6.45, 7) is 7.00. The molecule has 0 saturated heterocycles. The number of alkyl carbamates (subject to hydrolysis) is 1. The third-order valence-electron chi connectivity index (χ3n) is 3.67. The van der Waals surface area contributed by atoms with Crippen LogP contribution in [-0.2, 0) is 20.9 Å². The van der Waals surface area contributed by atoms with Crippen molar-refractivity contribution in [2.75, 3.05) is 0 Å². The normalized spacial score (nSPS) is 13.2. The third kappa shape index (κ3) is 6.82. The maximum Gasteiger partial charge on any atom is 0.408 e. The van der Waals surface area contributed by atoms with Crippen LogP contribution in [-0.4, -0.2) is 35.2 Å². The summed E-state index contributed by atoms with van der Waals surface area (Å²) in [7, 11) is 0. The van der Waals surface area contributed by atoms with Crippen LogP contribution in [0.4, 0.5) is 4.79 Å². The van der Waals surface area contributed by atoms with Crippen LogP contribution < -0.4 is 10.6 Å². The van der Waals surface area contributed by atoms with E-state index in [0.717, 1.165) is 5.56 Å². The van der Waals surface area contributed by atoms with Gasteiger partial charge in [0.05, 0.1) is 0 Å². The van der Waals surface area contributed by atoms with Crippen molar-refractivity contribution in [1.29, 1.82) is 0 Å². The minimum absolute atomic E-state index is 0.0862. The van der Waals surface area contributed by atoms with Crippen LogP contribution in [0.3, 0.4) is 0 Å². The average Bonchev–Trinajstić information content (AvgIpc) is 2.55. The zero-order chi connectivity index (χ0) is 19.0. The van der Waals surface area contributed by atoms with Crippen LogP contribution in [0.2, 0.25) is 0 Å². The van der Waals surface area contributed by atoms with Crippen molar-refractivity contribution in [1.82, 2.24) is 10.6 Å². The first-order valence-corrected chi connectivity index (χ1v) is 8.22. The van der Waals surface area contributed by atoms with Crippen LogP contribution in [0, 0.1) is 11.8 Å². The predicted octanol–water partition coefficient (Wildman–Crippen LogP) is 2.16. The predicted molar refractivity (Wildman–Crippen MR) is 92.8 cm³/mol. The average molecular weight is 350 g/mol. The van der Waals surface area contributed by atoms with Crippen LogP contribution in [0.25, 0.3) is 0 Å². The first kappa shape index (κ1) is 20.5. The number of benzene rings is 1. The van der Waals surface area contributed by atoms with Gasteiger partial charge in [0.1, 0.15) is 18.7 Å². The van der Waals surface area contributed by atoms with Crippen molar-refractivity contribution in [3.05, 3.63) is 35.9 Å². The Labute approximate surface area is 147 Å². The van der Waals surface area contributed by atoms with Crippen molar-refractivity contribution >= 4 is 18.0 Å². The van der Waals surface area contributed by atoms with E-state index < -0.39 is 30.1 Å². The fraction of sp³-hybridized carbons (Fsp3) is 0.500. The highest BCUT2D eigenvalue weighted by Crippen LogP contribution is 2.07. The highest BCUT2D eigenvalue weighted by Gasteiger charge is 2.30. The Morgan fingerprint density at radius 3 is 2.00 bits per heavy atom. The second-order valence-corrected chi connectivity index (χ2v) is 6.50. The molecule has 0 bridgehead atoms. The van der Waals surface area contributed by atoms with Crippen molar-refractivity contribution < 1.29 is 24.2 Å². The van der Waals surface area contributed by atoms with Gasteiger partial charge in [-0.05, 0) is 17.4 Å². The molecule has 2 unspecified atom stereocenters. The van der Waals surface area contributed by atoms with Gasteiger partial charge in [-0.3, -0.25) is 4.79 Å². The second-order valence-electron chi connectivity index (χ2n) is 6.50. The van der Waals surface area contributed by atoms with E-state index in [9.17, 15) is 19.5 Å². The Morgan fingerprint density at radius 1 is 0.960 bits per heavy atom. The van der Waals surface area contributed by atoms with Gasteiger partial charge in [0.15, 0.2) is 0 Å². The van der Waals surface area contributed by atoms with Gasteiger partial charge < -0.3 is 20.5 Å². The molecule has 2 amide bonds. The molecule has 2 atom stereocenters. The van der Waals surface area contributed by atoms with Gasteiger partial charge in [-0.15, -0.1) is 0 Å². The summed E-state index contributed by atoms with van der Waals surface area (Å²) in [6, 6.07) is 7.26. The van der Waals surface area contributed by atoms with Crippen LogP contribution in [0.15, 0.2) is 30.3 Å². The van der Waals surface area contributed by atoms with Gasteiger partial charge in [-0.25, -0.2) is 9.59 Å². The lowest BCUT2D eigenvalue weighted by atomic mass is 10.0. The van der Waals surface area contributed by atoms with E-state index in [1.54, 1.807) is 27.7 Å². The number of carboxylic acids is 1.